The largest absolute Gasteiger partial charge is 0.310 e. The summed E-state index contributed by atoms with van der Waals surface area (Å²) >= 11 is 0. The van der Waals surface area contributed by atoms with Crippen LogP contribution in [0.25, 0.3) is 44.5 Å². The van der Waals surface area contributed by atoms with Gasteiger partial charge in [-0.3, -0.25) is 0 Å². The number of hydrogen-bond acceptors (Lipinski definition) is 2. The Balaban J connectivity index is 1.08. The van der Waals surface area contributed by atoms with E-state index in [0.29, 0.717) is 0 Å². The number of nitrogens with zero attached hydrogens (tertiary/aromatic N) is 2. The molecule has 0 unspecified atom stereocenters. The van der Waals surface area contributed by atoms with Crippen molar-refractivity contribution in [3.8, 4) is 44.5 Å². The van der Waals surface area contributed by atoms with Crippen LogP contribution in [0.15, 0.2) is 279 Å². The van der Waals surface area contributed by atoms with Crippen LogP contribution in [0.1, 0.15) is 33.4 Å². The SMILES string of the molecule is Cc1ccc(N(c2ccc(-c3ccccc3)cc2)c2ccc3c(c2)C(c2ccccc2)(c2ccc(-c4ccccc4)cc2)c2cc(N(c4ccc(C)cc4)c4ccc(-c5ccccc5)cc4)ccc2-3)cc1. The Labute approximate surface area is 418 Å². The Morgan fingerprint density at radius 3 is 0.859 bits per heavy atom. The Bertz CT molecular complexity index is 3410. The van der Waals surface area contributed by atoms with E-state index in [1.54, 1.807) is 0 Å². The molecule has 0 spiro atoms. The van der Waals surface area contributed by atoms with Crippen molar-refractivity contribution in [1.29, 1.82) is 0 Å². The Kier molecular flexibility index (Phi) is 11.3. The molecule has 0 heterocycles. The minimum atomic E-state index is -0.695. The van der Waals surface area contributed by atoms with E-state index in [2.05, 4.69) is 303 Å². The number of rotatable bonds is 11. The van der Waals surface area contributed by atoms with Gasteiger partial charge in [0, 0.05) is 34.1 Å². The van der Waals surface area contributed by atoms with Crippen molar-refractivity contribution in [2.75, 3.05) is 9.80 Å². The summed E-state index contributed by atoms with van der Waals surface area (Å²) < 4.78 is 0. The molecule has 0 aromatic heterocycles. The fraction of sp³-hybridized carbons (Fsp3) is 0.0435. The van der Waals surface area contributed by atoms with Crippen LogP contribution in [0.3, 0.4) is 0 Å². The fourth-order valence-electron chi connectivity index (χ4n) is 10.7. The van der Waals surface area contributed by atoms with Gasteiger partial charge in [-0.05, 0) is 153 Å². The van der Waals surface area contributed by atoms with Gasteiger partial charge in [-0.2, -0.15) is 0 Å². The lowest BCUT2D eigenvalue weighted by atomic mass is 9.67. The van der Waals surface area contributed by atoms with Crippen LogP contribution in [-0.2, 0) is 5.41 Å². The zero-order chi connectivity index (χ0) is 47.7. The molecule has 11 aromatic carbocycles. The molecule has 2 nitrogen and oxygen atoms in total. The van der Waals surface area contributed by atoms with E-state index in [4.69, 9.17) is 0 Å². The molecule has 0 aliphatic heterocycles. The molecule has 0 saturated heterocycles. The van der Waals surface area contributed by atoms with E-state index in [-0.39, 0.29) is 0 Å². The minimum absolute atomic E-state index is 0.695. The van der Waals surface area contributed by atoms with Crippen molar-refractivity contribution in [2.24, 2.45) is 0 Å². The monoisotopic (exact) mass is 908 g/mol. The van der Waals surface area contributed by atoms with E-state index >= 15 is 0 Å². The summed E-state index contributed by atoms with van der Waals surface area (Å²) in [7, 11) is 0. The van der Waals surface area contributed by atoms with Gasteiger partial charge in [-0.25, -0.2) is 0 Å². The highest BCUT2D eigenvalue weighted by Crippen LogP contribution is 2.58. The van der Waals surface area contributed by atoms with E-state index in [1.807, 2.05) is 0 Å². The van der Waals surface area contributed by atoms with Crippen LogP contribution in [0.4, 0.5) is 34.1 Å². The van der Waals surface area contributed by atoms with Crippen molar-refractivity contribution in [3.63, 3.8) is 0 Å². The van der Waals surface area contributed by atoms with Gasteiger partial charge in [0.2, 0.25) is 0 Å². The van der Waals surface area contributed by atoms with Gasteiger partial charge in [-0.1, -0.05) is 217 Å². The van der Waals surface area contributed by atoms with Crippen molar-refractivity contribution < 1.29 is 0 Å². The summed E-state index contributed by atoms with van der Waals surface area (Å²) in [5.74, 6) is 0. The highest BCUT2D eigenvalue weighted by molar-refractivity contribution is 5.92. The molecule has 1 aliphatic carbocycles. The van der Waals surface area contributed by atoms with E-state index in [9.17, 15) is 0 Å². The van der Waals surface area contributed by atoms with Gasteiger partial charge in [-0.15, -0.1) is 0 Å². The first kappa shape index (κ1) is 43.3. The van der Waals surface area contributed by atoms with E-state index < -0.39 is 5.41 Å². The molecule has 11 aromatic rings. The molecular weight excluding hydrogens is 857 g/mol. The predicted molar refractivity (Wildman–Crippen MR) is 299 cm³/mol. The molecule has 0 atom stereocenters. The third kappa shape index (κ3) is 8.00. The lowest BCUT2D eigenvalue weighted by molar-refractivity contribution is 0.768. The lowest BCUT2D eigenvalue weighted by Gasteiger charge is -2.36. The second kappa shape index (κ2) is 18.5. The van der Waals surface area contributed by atoms with Gasteiger partial charge < -0.3 is 9.80 Å². The summed E-state index contributed by atoms with van der Waals surface area (Å²) in [5.41, 5.74) is 22.8. The normalized spacial score (nSPS) is 12.2. The third-order valence-electron chi connectivity index (χ3n) is 14.3. The Hall–Kier alpha value is -8.98. The Morgan fingerprint density at radius 2 is 0.507 bits per heavy atom. The molecular formula is C69H52N2. The molecule has 0 fully saturated rings. The Morgan fingerprint density at radius 1 is 0.239 bits per heavy atom. The van der Waals surface area contributed by atoms with Crippen LogP contribution >= 0.6 is 0 Å². The topological polar surface area (TPSA) is 6.48 Å². The van der Waals surface area contributed by atoms with E-state index in [1.165, 1.54) is 77.9 Å². The van der Waals surface area contributed by atoms with Gasteiger partial charge in [0.1, 0.15) is 0 Å². The molecule has 0 radical (unpaired) electrons. The maximum Gasteiger partial charge on any atom is 0.0715 e. The summed E-state index contributed by atoms with van der Waals surface area (Å²) in [5, 5.41) is 0. The smallest absolute Gasteiger partial charge is 0.0715 e. The van der Waals surface area contributed by atoms with E-state index in [0.717, 1.165) is 34.1 Å². The molecule has 1 aliphatic rings. The van der Waals surface area contributed by atoms with Crippen molar-refractivity contribution >= 4 is 34.1 Å². The zero-order valence-electron chi connectivity index (χ0n) is 40.0. The number of hydrogen-bond donors (Lipinski definition) is 0. The van der Waals surface area contributed by atoms with Crippen LogP contribution < -0.4 is 9.80 Å². The standard InChI is InChI=1S/C69H52N2/c1-49-23-35-59(36-24-49)70(61-39-29-55(30-40-61)52-17-9-4-10-18-52)63-43-45-65-66-46-44-64(71(60-37-25-50(2)26-38-60)62-41-31-56(32-42-62)53-19-11-5-12-20-53)48-68(66)69(67(65)47-63,57-21-13-6-14-22-57)58-33-27-54(28-34-58)51-15-7-3-8-16-51/h3-48H,1-2H3. The quantitative estimate of drug-likeness (QED) is 0.128. The van der Waals surface area contributed by atoms with Gasteiger partial charge in [0.05, 0.1) is 5.41 Å². The molecule has 0 bridgehead atoms. The fourth-order valence-corrected chi connectivity index (χ4v) is 10.7. The predicted octanol–water partition coefficient (Wildman–Crippen LogP) is 18.6. The average Bonchev–Trinajstić information content (AvgIpc) is 3.73. The highest BCUT2D eigenvalue weighted by Gasteiger charge is 2.47. The summed E-state index contributed by atoms with van der Waals surface area (Å²) in [6.07, 6.45) is 0. The lowest BCUT2D eigenvalue weighted by Crippen LogP contribution is -2.29. The van der Waals surface area contributed by atoms with Crippen molar-refractivity contribution in [2.45, 2.75) is 19.3 Å². The molecule has 2 heteroatoms. The van der Waals surface area contributed by atoms with Crippen LogP contribution in [-0.4, -0.2) is 0 Å². The van der Waals surface area contributed by atoms with Crippen LogP contribution in [0, 0.1) is 13.8 Å². The molecule has 0 saturated carbocycles. The number of benzene rings is 11. The third-order valence-corrected chi connectivity index (χ3v) is 14.3. The minimum Gasteiger partial charge on any atom is -0.310 e. The second-order valence-corrected chi connectivity index (χ2v) is 18.7. The van der Waals surface area contributed by atoms with Crippen LogP contribution in [0.2, 0.25) is 0 Å². The first-order chi connectivity index (χ1) is 35.0. The van der Waals surface area contributed by atoms with Crippen LogP contribution in [0.5, 0.6) is 0 Å². The molecule has 12 rings (SSSR count). The van der Waals surface area contributed by atoms with Gasteiger partial charge in [0.15, 0.2) is 0 Å². The molecule has 71 heavy (non-hydrogen) atoms. The summed E-state index contributed by atoms with van der Waals surface area (Å²) in [6.45, 7) is 4.31. The van der Waals surface area contributed by atoms with Gasteiger partial charge >= 0.3 is 0 Å². The first-order valence-electron chi connectivity index (χ1n) is 24.6. The maximum absolute atomic E-state index is 2.47. The average molecular weight is 909 g/mol. The second-order valence-electron chi connectivity index (χ2n) is 18.7. The molecule has 338 valence electrons. The first-order valence-corrected chi connectivity index (χ1v) is 24.6. The molecule has 0 N–H and O–H groups in total. The number of anilines is 6. The zero-order valence-corrected chi connectivity index (χ0v) is 40.0. The maximum atomic E-state index is 2.47. The summed E-state index contributed by atoms with van der Waals surface area (Å²) in [4.78, 5) is 4.82. The number of aryl methyl sites for hydroxylation is 2. The molecule has 0 amide bonds. The van der Waals surface area contributed by atoms with Crippen molar-refractivity contribution in [3.05, 3.63) is 312 Å². The van der Waals surface area contributed by atoms with Crippen molar-refractivity contribution in [1.82, 2.24) is 0 Å². The number of fused-ring (bicyclic) bond motifs is 3. The summed E-state index contributed by atoms with van der Waals surface area (Å²) in [6, 6.07) is 103. The highest BCUT2D eigenvalue weighted by atomic mass is 15.1. The van der Waals surface area contributed by atoms with Gasteiger partial charge in [0.25, 0.3) is 0 Å².